The number of ether oxygens (including phenoxy) is 2. The van der Waals surface area contributed by atoms with Crippen LogP contribution >= 0.6 is 46.1 Å². The van der Waals surface area contributed by atoms with Crippen molar-refractivity contribution in [3.8, 4) is 11.5 Å². The Morgan fingerprint density at radius 3 is 2.79 bits per heavy atom. The van der Waals surface area contributed by atoms with Gasteiger partial charge in [0, 0.05) is 11.5 Å². The van der Waals surface area contributed by atoms with E-state index < -0.39 is 0 Å². The number of hydrazone groups is 1. The van der Waals surface area contributed by atoms with Crippen molar-refractivity contribution in [1.29, 1.82) is 0 Å². The van der Waals surface area contributed by atoms with Crippen molar-refractivity contribution in [2.45, 2.75) is 24.3 Å². The van der Waals surface area contributed by atoms with Crippen LogP contribution in [0.25, 0.3) is 0 Å². The Bertz CT molecular complexity index is 620. The molecule has 1 aliphatic rings. The topological polar surface area (TPSA) is 59.9 Å². The third-order valence-electron chi connectivity index (χ3n) is 3.32. The normalized spacial score (nSPS) is 16.3. The third kappa shape index (κ3) is 5.45. The molecule has 0 aromatic heterocycles. The van der Waals surface area contributed by atoms with Crippen molar-refractivity contribution >= 4 is 58.2 Å². The first-order chi connectivity index (χ1) is 11.5. The van der Waals surface area contributed by atoms with Crippen molar-refractivity contribution in [3.05, 3.63) is 21.3 Å². The lowest BCUT2D eigenvalue weighted by Gasteiger charge is -2.19. The predicted molar refractivity (Wildman–Crippen MR) is 111 cm³/mol. The molecule has 1 fully saturated rings. The predicted octanol–water partition coefficient (Wildman–Crippen LogP) is 3.73. The van der Waals surface area contributed by atoms with E-state index in [4.69, 9.17) is 9.47 Å². The molecule has 1 N–H and O–H groups in total. The molecule has 8 heteroatoms. The maximum absolute atomic E-state index is 12.0. The quantitative estimate of drug-likeness (QED) is 0.366. The van der Waals surface area contributed by atoms with Gasteiger partial charge >= 0.3 is 0 Å². The fourth-order valence-corrected chi connectivity index (χ4v) is 5.88. The van der Waals surface area contributed by atoms with Crippen LogP contribution in [-0.2, 0) is 4.79 Å². The molecule has 1 heterocycles. The summed E-state index contributed by atoms with van der Waals surface area (Å²) >= 11 is 5.87. The number of rotatable bonds is 7. The number of hydrogen-bond donors (Lipinski definition) is 1. The molecule has 0 saturated carbocycles. The van der Waals surface area contributed by atoms with Gasteiger partial charge in [0.05, 0.1) is 34.0 Å². The average molecular weight is 480 g/mol. The zero-order valence-electron chi connectivity index (χ0n) is 13.9. The molecule has 24 heavy (non-hydrogen) atoms. The van der Waals surface area contributed by atoms with Gasteiger partial charge in [-0.2, -0.15) is 5.10 Å². The van der Waals surface area contributed by atoms with Crippen LogP contribution in [0.1, 0.15) is 25.8 Å². The van der Waals surface area contributed by atoms with Crippen LogP contribution in [0.3, 0.4) is 0 Å². The summed E-state index contributed by atoms with van der Waals surface area (Å²) in [5.74, 6) is 3.51. The highest BCUT2D eigenvalue weighted by molar-refractivity contribution is 14.1. The van der Waals surface area contributed by atoms with Gasteiger partial charge < -0.3 is 9.47 Å². The van der Waals surface area contributed by atoms with Gasteiger partial charge in [0.1, 0.15) is 0 Å². The fourth-order valence-electron chi connectivity index (χ4n) is 2.27. The van der Waals surface area contributed by atoms with Crippen molar-refractivity contribution in [2.24, 2.45) is 5.10 Å². The zero-order chi connectivity index (χ0) is 17.6. The van der Waals surface area contributed by atoms with Gasteiger partial charge in [-0.25, -0.2) is 5.43 Å². The van der Waals surface area contributed by atoms with Gasteiger partial charge in [0.15, 0.2) is 11.5 Å². The highest BCUT2D eigenvalue weighted by atomic mass is 127. The van der Waals surface area contributed by atoms with Gasteiger partial charge in [-0.15, -0.1) is 23.5 Å². The molecule has 132 valence electrons. The number of benzene rings is 1. The lowest BCUT2D eigenvalue weighted by molar-refractivity contribution is -0.121. The van der Waals surface area contributed by atoms with Crippen molar-refractivity contribution in [2.75, 3.05) is 25.2 Å². The van der Waals surface area contributed by atoms with E-state index in [9.17, 15) is 4.79 Å². The van der Waals surface area contributed by atoms with Gasteiger partial charge in [0.2, 0.25) is 5.91 Å². The van der Waals surface area contributed by atoms with Crippen LogP contribution in [0.2, 0.25) is 0 Å². The largest absolute Gasteiger partial charge is 0.493 e. The molecule has 0 radical (unpaired) electrons. The van der Waals surface area contributed by atoms with Crippen molar-refractivity contribution in [1.82, 2.24) is 5.43 Å². The second kappa shape index (κ2) is 9.19. The van der Waals surface area contributed by atoms with Gasteiger partial charge in [-0.05, 0) is 54.1 Å². The molecule has 1 amide bonds. The first-order valence-corrected chi connectivity index (χ1v) is 10.6. The summed E-state index contributed by atoms with van der Waals surface area (Å²) in [6, 6.07) is 3.78. The molecule has 1 aliphatic heterocycles. The zero-order valence-corrected chi connectivity index (χ0v) is 17.7. The average Bonchev–Trinajstić information content (AvgIpc) is 2.95. The maximum atomic E-state index is 12.0. The standard InChI is InChI=1S/C16H21IN2O3S2/c1-4-22-15-12(17)7-11(8-13(15)21-3)10-18-19-14(20)9-16(2)23-5-6-24-16/h7-8,10H,4-6,9H2,1-3H3,(H,19,20)/b18-10-. The molecule has 1 aromatic carbocycles. The van der Waals surface area contributed by atoms with Crippen LogP contribution in [0.15, 0.2) is 17.2 Å². The Morgan fingerprint density at radius 2 is 2.17 bits per heavy atom. The first-order valence-electron chi connectivity index (χ1n) is 7.57. The second-order valence-electron chi connectivity index (χ2n) is 5.27. The Labute approximate surface area is 164 Å². The van der Waals surface area contributed by atoms with E-state index in [2.05, 4.69) is 40.0 Å². The highest BCUT2D eigenvalue weighted by Crippen LogP contribution is 2.45. The van der Waals surface area contributed by atoms with Crippen molar-refractivity contribution in [3.63, 3.8) is 0 Å². The summed E-state index contributed by atoms with van der Waals surface area (Å²) in [4.78, 5) is 12.0. The summed E-state index contributed by atoms with van der Waals surface area (Å²) in [7, 11) is 1.61. The number of carbonyl (C=O) groups excluding carboxylic acids is 1. The van der Waals surface area contributed by atoms with Crippen LogP contribution in [0.5, 0.6) is 11.5 Å². The smallest absolute Gasteiger partial charge is 0.242 e. The maximum Gasteiger partial charge on any atom is 0.242 e. The van der Waals surface area contributed by atoms with Crippen LogP contribution < -0.4 is 14.9 Å². The molecule has 0 spiro atoms. The van der Waals surface area contributed by atoms with Crippen LogP contribution in [0.4, 0.5) is 0 Å². The molecule has 0 unspecified atom stereocenters. The van der Waals surface area contributed by atoms with Crippen molar-refractivity contribution < 1.29 is 14.3 Å². The van der Waals surface area contributed by atoms with E-state index in [0.717, 1.165) is 26.4 Å². The number of hydrogen-bond acceptors (Lipinski definition) is 6. The molecule has 0 atom stereocenters. The number of halogens is 1. The summed E-state index contributed by atoms with van der Waals surface area (Å²) in [6.45, 7) is 4.62. The lowest BCUT2D eigenvalue weighted by Crippen LogP contribution is -2.26. The van der Waals surface area contributed by atoms with Gasteiger partial charge in [-0.3, -0.25) is 4.79 Å². The van der Waals surface area contributed by atoms with E-state index >= 15 is 0 Å². The van der Waals surface area contributed by atoms with E-state index in [1.807, 2.05) is 42.6 Å². The minimum Gasteiger partial charge on any atom is -0.493 e. The minimum absolute atomic E-state index is 0.0304. The number of nitrogens with zero attached hydrogens (tertiary/aromatic N) is 1. The fraction of sp³-hybridized carbons (Fsp3) is 0.500. The monoisotopic (exact) mass is 480 g/mol. The number of methoxy groups -OCH3 is 1. The Hall–Kier alpha value is -0.610. The Kier molecular flexibility index (Phi) is 7.55. The third-order valence-corrected chi connectivity index (χ3v) is 7.42. The first kappa shape index (κ1) is 19.7. The second-order valence-corrected chi connectivity index (χ2v) is 9.88. The number of carbonyl (C=O) groups is 1. The number of nitrogens with one attached hydrogen (secondary N) is 1. The van der Waals surface area contributed by atoms with E-state index in [-0.39, 0.29) is 9.99 Å². The molecular weight excluding hydrogens is 459 g/mol. The summed E-state index contributed by atoms with van der Waals surface area (Å²) in [5.41, 5.74) is 3.45. The highest BCUT2D eigenvalue weighted by Gasteiger charge is 2.32. The van der Waals surface area contributed by atoms with Gasteiger partial charge in [0.25, 0.3) is 0 Å². The Morgan fingerprint density at radius 1 is 1.46 bits per heavy atom. The molecule has 1 aromatic rings. The summed E-state index contributed by atoms with van der Waals surface area (Å²) in [6.07, 6.45) is 2.08. The summed E-state index contributed by atoms with van der Waals surface area (Å²) in [5, 5.41) is 4.06. The molecular formula is C16H21IN2O3S2. The van der Waals surface area contributed by atoms with E-state index in [0.29, 0.717) is 18.8 Å². The van der Waals surface area contributed by atoms with Crippen LogP contribution in [-0.4, -0.2) is 41.4 Å². The molecule has 2 rings (SSSR count). The molecule has 0 bridgehead atoms. The van der Waals surface area contributed by atoms with E-state index in [1.165, 1.54) is 0 Å². The lowest BCUT2D eigenvalue weighted by atomic mass is 10.2. The number of amides is 1. The molecule has 5 nitrogen and oxygen atoms in total. The summed E-state index contributed by atoms with van der Waals surface area (Å²) < 4.78 is 11.9. The van der Waals surface area contributed by atoms with Crippen LogP contribution in [0, 0.1) is 3.57 Å². The Balaban J connectivity index is 1.98. The molecule has 0 aliphatic carbocycles. The minimum atomic E-state index is -0.0664. The van der Waals surface area contributed by atoms with Gasteiger partial charge in [-0.1, -0.05) is 0 Å². The number of thioether (sulfide) groups is 2. The van der Waals surface area contributed by atoms with E-state index in [1.54, 1.807) is 13.3 Å². The SMILES string of the molecule is CCOc1c(I)cc(/C=N\NC(=O)CC2(C)SCCS2)cc1OC. The molecule has 1 saturated heterocycles.